The van der Waals surface area contributed by atoms with Gasteiger partial charge in [0.2, 0.25) is 0 Å². The predicted molar refractivity (Wildman–Crippen MR) is 101 cm³/mol. The van der Waals surface area contributed by atoms with Gasteiger partial charge in [-0.3, -0.25) is 14.5 Å². The summed E-state index contributed by atoms with van der Waals surface area (Å²) in [5, 5.41) is 12.6. The van der Waals surface area contributed by atoms with E-state index in [0.29, 0.717) is 22.7 Å². The van der Waals surface area contributed by atoms with Crippen LogP contribution in [0.3, 0.4) is 0 Å². The Morgan fingerprint density at radius 1 is 1.31 bits per heavy atom. The van der Waals surface area contributed by atoms with Gasteiger partial charge in [-0.1, -0.05) is 27.7 Å². The van der Waals surface area contributed by atoms with E-state index >= 15 is 0 Å². The van der Waals surface area contributed by atoms with Crippen molar-refractivity contribution < 1.29 is 0 Å². The second-order valence-corrected chi connectivity index (χ2v) is 7.25. The molecule has 0 fully saturated rings. The molecular formula is C17H11BrN6OS. The molecule has 0 amide bonds. The Morgan fingerprint density at radius 3 is 2.88 bits per heavy atom. The lowest BCUT2D eigenvalue weighted by Gasteiger charge is -2.07. The number of hydrogen-bond acceptors (Lipinski definition) is 5. The van der Waals surface area contributed by atoms with Crippen LogP contribution in [0.4, 0.5) is 0 Å². The molecule has 4 aromatic rings. The Labute approximate surface area is 160 Å². The van der Waals surface area contributed by atoms with Crippen LogP contribution in [-0.2, 0) is 5.75 Å². The van der Waals surface area contributed by atoms with Crippen LogP contribution in [0.1, 0.15) is 11.3 Å². The van der Waals surface area contributed by atoms with E-state index in [4.69, 9.17) is 5.26 Å². The summed E-state index contributed by atoms with van der Waals surface area (Å²) in [4.78, 5) is 21.0. The van der Waals surface area contributed by atoms with E-state index < -0.39 is 0 Å². The molecule has 3 heterocycles. The van der Waals surface area contributed by atoms with Gasteiger partial charge in [0.05, 0.1) is 5.69 Å². The molecular weight excluding hydrogens is 416 g/mol. The van der Waals surface area contributed by atoms with Crippen molar-refractivity contribution in [2.24, 2.45) is 0 Å². The number of rotatable bonds is 4. The minimum Gasteiger partial charge on any atom is -0.295 e. The number of aromatic nitrogens is 5. The van der Waals surface area contributed by atoms with Gasteiger partial charge in [0.1, 0.15) is 11.6 Å². The van der Waals surface area contributed by atoms with Crippen molar-refractivity contribution in [3.8, 4) is 11.8 Å². The van der Waals surface area contributed by atoms with Gasteiger partial charge in [-0.25, -0.2) is 14.5 Å². The summed E-state index contributed by atoms with van der Waals surface area (Å²) in [6.45, 7) is 0. The van der Waals surface area contributed by atoms with Crippen LogP contribution >= 0.6 is 27.7 Å². The number of fused-ring (bicyclic) bond motifs is 1. The summed E-state index contributed by atoms with van der Waals surface area (Å²) in [5.74, 6) is 0.468. The third kappa shape index (κ3) is 3.05. The molecule has 0 saturated heterocycles. The molecule has 3 aromatic heterocycles. The van der Waals surface area contributed by atoms with Crippen molar-refractivity contribution in [2.75, 3.05) is 0 Å². The zero-order valence-electron chi connectivity index (χ0n) is 13.3. The first kappa shape index (κ1) is 16.6. The molecule has 0 radical (unpaired) electrons. The summed E-state index contributed by atoms with van der Waals surface area (Å²) >= 11 is 4.90. The topological polar surface area (TPSA) is 91.8 Å². The summed E-state index contributed by atoms with van der Waals surface area (Å²) in [6, 6.07) is 11.4. The Morgan fingerprint density at radius 2 is 2.12 bits per heavy atom. The van der Waals surface area contributed by atoms with Crippen molar-refractivity contribution in [1.29, 1.82) is 5.26 Å². The maximum atomic E-state index is 12.2. The first-order chi connectivity index (χ1) is 12.7. The van der Waals surface area contributed by atoms with Gasteiger partial charge in [-0.05, 0) is 24.3 Å². The van der Waals surface area contributed by atoms with Gasteiger partial charge >= 0.3 is 0 Å². The number of aromatic amines is 1. The van der Waals surface area contributed by atoms with Crippen molar-refractivity contribution >= 4 is 33.3 Å². The largest absolute Gasteiger partial charge is 0.295 e. The molecule has 0 saturated carbocycles. The fourth-order valence-electron chi connectivity index (χ4n) is 2.52. The molecule has 0 aliphatic rings. The summed E-state index contributed by atoms with van der Waals surface area (Å²) in [7, 11) is 0. The highest BCUT2D eigenvalue weighted by Gasteiger charge is 2.11. The minimum absolute atomic E-state index is 0.247. The molecule has 4 rings (SSSR count). The third-order valence-corrected chi connectivity index (χ3v) is 5.26. The maximum absolute atomic E-state index is 12.2. The number of nitrogens with zero attached hydrogens (tertiary/aromatic N) is 5. The van der Waals surface area contributed by atoms with Crippen LogP contribution in [-0.4, -0.2) is 24.1 Å². The second kappa shape index (κ2) is 6.82. The Balaban J connectivity index is 1.62. The van der Waals surface area contributed by atoms with Gasteiger partial charge in [0.15, 0.2) is 10.8 Å². The SMILES string of the molecule is N#Cc1c[nH]n2c(=O)cc(CSc3nccn3-c3ccc(Br)cc3)nc12. The van der Waals surface area contributed by atoms with E-state index in [9.17, 15) is 4.79 Å². The Hall–Kier alpha value is -2.83. The third-order valence-electron chi connectivity index (χ3n) is 3.73. The average Bonchev–Trinajstić information content (AvgIpc) is 3.27. The van der Waals surface area contributed by atoms with E-state index in [1.165, 1.54) is 28.5 Å². The molecule has 7 nitrogen and oxygen atoms in total. The van der Waals surface area contributed by atoms with Crippen LogP contribution in [0.25, 0.3) is 11.3 Å². The number of nitriles is 1. The molecule has 0 unspecified atom stereocenters. The van der Waals surface area contributed by atoms with Gasteiger partial charge in [0.25, 0.3) is 5.56 Å². The molecule has 0 aliphatic heterocycles. The maximum Gasteiger partial charge on any atom is 0.272 e. The normalized spacial score (nSPS) is 10.9. The van der Waals surface area contributed by atoms with Crippen LogP contribution in [0, 0.1) is 11.3 Å². The summed E-state index contributed by atoms with van der Waals surface area (Å²) in [6.07, 6.45) is 5.09. The number of thioether (sulfide) groups is 1. The van der Waals surface area contributed by atoms with Gasteiger partial charge in [-0.2, -0.15) is 5.26 Å². The highest BCUT2D eigenvalue weighted by Crippen LogP contribution is 2.24. The van der Waals surface area contributed by atoms with Crippen molar-refractivity contribution in [1.82, 2.24) is 24.1 Å². The van der Waals surface area contributed by atoms with E-state index in [2.05, 4.69) is 31.0 Å². The molecule has 1 N–H and O–H groups in total. The van der Waals surface area contributed by atoms with Crippen LogP contribution < -0.4 is 5.56 Å². The molecule has 0 spiro atoms. The molecule has 26 heavy (non-hydrogen) atoms. The Bertz CT molecular complexity index is 1180. The quantitative estimate of drug-likeness (QED) is 0.506. The number of benzene rings is 1. The molecule has 0 atom stereocenters. The smallest absolute Gasteiger partial charge is 0.272 e. The molecule has 0 aliphatic carbocycles. The highest BCUT2D eigenvalue weighted by molar-refractivity contribution is 9.10. The van der Waals surface area contributed by atoms with Crippen LogP contribution in [0.5, 0.6) is 0 Å². The van der Waals surface area contributed by atoms with E-state index in [-0.39, 0.29) is 5.56 Å². The number of imidazole rings is 1. The van der Waals surface area contributed by atoms with E-state index in [0.717, 1.165) is 15.3 Å². The minimum atomic E-state index is -0.247. The fraction of sp³-hybridized carbons (Fsp3) is 0.0588. The lowest BCUT2D eigenvalue weighted by Crippen LogP contribution is -2.15. The first-order valence-corrected chi connectivity index (χ1v) is 9.36. The predicted octanol–water partition coefficient (Wildman–Crippen LogP) is 3.13. The van der Waals surface area contributed by atoms with Crippen LogP contribution in [0.15, 0.2) is 63.3 Å². The first-order valence-electron chi connectivity index (χ1n) is 7.58. The zero-order valence-corrected chi connectivity index (χ0v) is 15.7. The van der Waals surface area contributed by atoms with Crippen molar-refractivity contribution in [2.45, 2.75) is 10.9 Å². The number of hydrogen-bond donors (Lipinski definition) is 1. The monoisotopic (exact) mass is 426 g/mol. The van der Waals surface area contributed by atoms with Crippen molar-refractivity contribution in [3.05, 3.63) is 75.0 Å². The van der Waals surface area contributed by atoms with Gasteiger partial charge in [-0.15, -0.1) is 0 Å². The van der Waals surface area contributed by atoms with E-state index in [1.807, 2.05) is 41.1 Å². The Kier molecular flexibility index (Phi) is 4.36. The number of nitrogens with one attached hydrogen (secondary N) is 1. The lowest BCUT2D eigenvalue weighted by atomic mass is 10.3. The van der Waals surface area contributed by atoms with Crippen molar-refractivity contribution in [3.63, 3.8) is 0 Å². The lowest BCUT2D eigenvalue weighted by molar-refractivity contribution is 0.882. The zero-order chi connectivity index (χ0) is 18.1. The molecule has 1 aromatic carbocycles. The summed E-state index contributed by atoms with van der Waals surface area (Å²) in [5.41, 5.74) is 2.02. The second-order valence-electron chi connectivity index (χ2n) is 5.39. The van der Waals surface area contributed by atoms with Gasteiger partial charge in [0, 0.05) is 40.6 Å². The molecule has 128 valence electrons. The van der Waals surface area contributed by atoms with E-state index in [1.54, 1.807) is 6.20 Å². The number of H-pyrrole nitrogens is 1. The number of halogens is 1. The van der Waals surface area contributed by atoms with Crippen LogP contribution in [0.2, 0.25) is 0 Å². The molecule has 9 heteroatoms. The highest BCUT2D eigenvalue weighted by atomic mass is 79.9. The fourth-order valence-corrected chi connectivity index (χ4v) is 3.65. The standard InChI is InChI=1S/C17H11BrN6OS/c18-12-1-3-14(4-2-12)23-6-5-20-17(23)26-10-13-7-15(25)24-16(22-13)11(8-19)9-21-24/h1-7,9,21H,10H2. The molecule has 0 bridgehead atoms. The van der Waals surface area contributed by atoms with Gasteiger partial charge < -0.3 is 0 Å². The average molecular weight is 427 g/mol. The summed E-state index contributed by atoms with van der Waals surface area (Å²) < 4.78 is 4.24.